The van der Waals surface area contributed by atoms with Crippen LogP contribution in [0, 0.1) is 11.8 Å². The average Bonchev–Trinajstić information content (AvgIpc) is 2.32. The lowest BCUT2D eigenvalue weighted by molar-refractivity contribution is -0.139. The first-order chi connectivity index (χ1) is 8.93. The summed E-state index contributed by atoms with van der Waals surface area (Å²) >= 11 is 0. The number of carboxylic acid groups (broad SMARTS) is 1. The molecular weight excluding hydrogens is 244 g/mol. The van der Waals surface area contributed by atoms with E-state index in [2.05, 4.69) is 19.2 Å². The molecule has 110 valence electrons. The van der Waals surface area contributed by atoms with Crippen molar-refractivity contribution in [3.63, 3.8) is 0 Å². The zero-order valence-corrected chi connectivity index (χ0v) is 12.2. The molecule has 0 radical (unpaired) electrons. The summed E-state index contributed by atoms with van der Waals surface area (Å²) in [5, 5.41) is 11.8. The molecule has 0 aromatic heterocycles. The van der Waals surface area contributed by atoms with Gasteiger partial charge in [-0.05, 0) is 24.7 Å². The van der Waals surface area contributed by atoms with E-state index in [1.165, 1.54) is 0 Å². The Morgan fingerprint density at radius 1 is 1.32 bits per heavy atom. The quantitative estimate of drug-likeness (QED) is 0.805. The minimum absolute atomic E-state index is 0.234. The van der Waals surface area contributed by atoms with E-state index in [-0.39, 0.29) is 6.03 Å². The molecule has 2 N–H and O–H groups in total. The van der Waals surface area contributed by atoms with Gasteiger partial charge in [-0.3, -0.25) is 0 Å². The number of hydrogen-bond donors (Lipinski definition) is 2. The van der Waals surface area contributed by atoms with Crippen LogP contribution in [0.5, 0.6) is 0 Å². The molecule has 0 aromatic rings. The molecule has 1 aliphatic rings. The maximum absolute atomic E-state index is 12.1. The summed E-state index contributed by atoms with van der Waals surface area (Å²) < 4.78 is 0. The number of rotatable bonds is 5. The molecule has 1 heterocycles. The van der Waals surface area contributed by atoms with Gasteiger partial charge in [-0.25, -0.2) is 9.59 Å². The summed E-state index contributed by atoms with van der Waals surface area (Å²) in [6.45, 7) is 7.70. The number of nitrogens with one attached hydrogen (secondary N) is 1. The van der Waals surface area contributed by atoms with E-state index in [0.717, 1.165) is 32.4 Å². The maximum atomic E-state index is 12.1. The highest BCUT2D eigenvalue weighted by Gasteiger charge is 2.28. The fraction of sp³-hybridized carbons (Fsp3) is 0.857. The second kappa shape index (κ2) is 7.36. The number of carbonyl (C=O) groups is 2. The summed E-state index contributed by atoms with van der Waals surface area (Å²) in [5.41, 5.74) is 0. The van der Waals surface area contributed by atoms with Gasteiger partial charge < -0.3 is 15.3 Å². The highest BCUT2D eigenvalue weighted by Crippen LogP contribution is 2.20. The Bertz CT molecular complexity index is 310. The van der Waals surface area contributed by atoms with Crippen molar-refractivity contribution < 1.29 is 14.7 Å². The van der Waals surface area contributed by atoms with Gasteiger partial charge in [-0.1, -0.05) is 33.6 Å². The van der Waals surface area contributed by atoms with Crippen LogP contribution in [0.15, 0.2) is 0 Å². The number of unbranched alkanes of at least 4 members (excludes halogenated alkanes) is 1. The number of likely N-dealkylation sites (tertiary alicyclic amines) is 1. The first kappa shape index (κ1) is 15.8. The molecule has 19 heavy (non-hydrogen) atoms. The number of aliphatic carboxylic acids is 1. The number of carboxylic acids is 1. The molecule has 5 heteroatoms. The van der Waals surface area contributed by atoms with Crippen LogP contribution >= 0.6 is 0 Å². The Morgan fingerprint density at radius 3 is 2.37 bits per heavy atom. The van der Waals surface area contributed by atoms with E-state index in [4.69, 9.17) is 5.11 Å². The lowest BCUT2D eigenvalue weighted by atomic mass is 9.92. The van der Waals surface area contributed by atoms with Crippen LogP contribution in [0.25, 0.3) is 0 Å². The molecule has 0 saturated carbocycles. The first-order valence-electron chi connectivity index (χ1n) is 7.22. The van der Waals surface area contributed by atoms with Crippen molar-refractivity contribution >= 4 is 12.0 Å². The topological polar surface area (TPSA) is 69.6 Å². The van der Waals surface area contributed by atoms with Crippen LogP contribution in [0.2, 0.25) is 0 Å². The predicted molar refractivity (Wildman–Crippen MR) is 74.0 cm³/mol. The van der Waals surface area contributed by atoms with Crippen molar-refractivity contribution in [2.75, 3.05) is 13.1 Å². The molecule has 1 rings (SSSR count). The summed E-state index contributed by atoms with van der Waals surface area (Å²) in [7, 11) is 0. The van der Waals surface area contributed by atoms with Crippen molar-refractivity contribution in [1.82, 2.24) is 10.2 Å². The Balaban J connectivity index is 2.53. The molecule has 2 unspecified atom stereocenters. The Morgan fingerprint density at radius 2 is 1.89 bits per heavy atom. The number of piperidine rings is 1. The lowest BCUT2D eigenvalue weighted by Crippen LogP contribution is -2.52. The van der Waals surface area contributed by atoms with Crippen molar-refractivity contribution in [3.8, 4) is 0 Å². The second-order valence-electron chi connectivity index (χ2n) is 5.83. The van der Waals surface area contributed by atoms with E-state index < -0.39 is 12.0 Å². The lowest BCUT2D eigenvalue weighted by Gasteiger charge is -2.35. The fourth-order valence-corrected chi connectivity index (χ4v) is 2.73. The summed E-state index contributed by atoms with van der Waals surface area (Å²) in [6, 6.07) is -0.998. The fourth-order valence-electron chi connectivity index (χ4n) is 2.73. The number of carbonyl (C=O) groups excluding carboxylic acids is 1. The molecule has 0 bridgehead atoms. The maximum Gasteiger partial charge on any atom is 0.326 e. The zero-order valence-electron chi connectivity index (χ0n) is 12.2. The van der Waals surface area contributed by atoms with Gasteiger partial charge in [0.2, 0.25) is 0 Å². The Kier molecular flexibility index (Phi) is 6.12. The van der Waals surface area contributed by atoms with Gasteiger partial charge in [0.15, 0.2) is 0 Å². The number of urea groups is 1. The van der Waals surface area contributed by atoms with Gasteiger partial charge in [-0.15, -0.1) is 0 Å². The van der Waals surface area contributed by atoms with Crippen molar-refractivity contribution in [1.29, 1.82) is 0 Å². The monoisotopic (exact) mass is 270 g/mol. The zero-order chi connectivity index (χ0) is 14.4. The van der Waals surface area contributed by atoms with Crippen molar-refractivity contribution in [2.45, 2.75) is 52.5 Å². The molecule has 5 nitrogen and oxygen atoms in total. The number of nitrogens with zero attached hydrogens (tertiary/aromatic N) is 1. The van der Waals surface area contributed by atoms with E-state index in [1.54, 1.807) is 4.90 Å². The third-order valence-electron chi connectivity index (χ3n) is 3.60. The molecule has 1 fully saturated rings. The third kappa shape index (κ3) is 5.09. The summed E-state index contributed by atoms with van der Waals surface area (Å²) in [6.07, 6.45) is 3.36. The molecule has 2 amide bonds. The normalized spacial score (nSPS) is 24.9. The first-order valence-corrected chi connectivity index (χ1v) is 7.22. The van der Waals surface area contributed by atoms with E-state index in [1.807, 2.05) is 6.92 Å². The predicted octanol–water partition coefficient (Wildman–Crippen LogP) is 2.32. The van der Waals surface area contributed by atoms with Gasteiger partial charge in [0.05, 0.1) is 0 Å². The van der Waals surface area contributed by atoms with Crippen LogP contribution in [-0.4, -0.2) is 41.1 Å². The van der Waals surface area contributed by atoms with Gasteiger partial charge in [-0.2, -0.15) is 0 Å². The smallest absolute Gasteiger partial charge is 0.326 e. The Labute approximate surface area is 115 Å². The molecule has 0 aliphatic carbocycles. The Hall–Kier alpha value is -1.26. The largest absolute Gasteiger partial charge is 0.480 e. The highest BCUT2D eigenvalue weighted by molar-refractivity contribution is 5.82. The van der Waals surface area contributed by atoms with Gasteiger partial charge in [0.1, 0.15) is 6.04 Å². The molecule has 0 aromatic carbocycles. The van der Waals surface area contributed by atoms with E-state index in [9.17, 15) is 9.59 Å². The minimum Gasteiger partial charge on any atom is -0.480 e. The van der Waals surface area contributed by atoms with Gasteiger partial charge in [0, 0.05) is 13.1 Å². The molecular formula is C14H26N2O3. The van der Waals surface area contributed by atoms with E-state index in [0.29, 0.717) is 18.3 Å². The second-order valence-corrected chi connectivity index (χ2v) is 5.83. The highest BCUT2D eigenvalue weighted by atomic mass is 16.4. The van der Waals surface area contributed by atoms with Crippen LogP contribution in [-0.2, 0) is 4.79 Å². The van der Waals surface area contributed by atoms with Crippen molar-refractivity contribution in [3.05, 3.63) is 0 Å². The van der Waals surface area contributed by atoms with E-state index >= 15 is 0 Å². The number of amides is 2. The average molecular weight is 270 g/mol. The van der Waals surface area contributed by atoms with Crippen molar-refractivity contribution in [2.24, 2.45) is 11.8 Å². The minimum atomic E-state index is -0.945. The number of hydrogen-bond acceptors (Lipinski definition) is 2. The van der Waals surface area contributed by atoms with Gasteiger partial charge >= 0.3 is 12.0 Å². The van der Waals surface area contributed by atoms with Crippen LogP contribution in [0.4, 0.5) is 4.79 Å². The molecule has 3 atom stereocenters. The summed E-state index contributed by atoms with van der Waals surface area (Å²) in [5.74, 6) is 0.0155. The molecule has 1 saturated heterocycles. The molecule has 1 aliphatic heterocycles. The van der Waals surface area contributed by atoms with Gasteiger partial charge in [0.25, 0.3) is 0 Å². The third-order valence-corrected chi connectivity index (χ3v) is 3.60. The van der Waals surface area contributed by atoms with Crippen LogP contribution in [0.3, 0.4) is 0 Å². The summed E-state index contributed by atoms with van der Waals surface area (Å²) in [4.78, 5) is 25.0. The van der Waals surface area contributed by atoms with Crippen LogP contribution < -0.4 is 5.32 Å². The molecule has 0 spiro atoms. The standard InChI is InChI=1S/C14H26N2O3/c1-4-5-6-12(13(17)18)15-14(19)16-8-10(2)7-11(3)9-16/h10-12H,4-9H2,1-3H3,(H,15,19)(H,17,18)/t10?,11?,12-/m0/s1. The van der Waals surface area contributed by atoms with Crippen LogP contribution in [0.1, 0.15) is 46.5 Å². The SMILES string of the molecule is CCCC[C@H](NC(=O)N1CC(C)CC(C)C1)C(=O)O.